The first-order valence-electron chi connectivity index (χ1n) is 10.5. The van der Waals surface area contributed by atoms with Gasteiger partial charge in [-0.3, -0.25) is 9.59 Å². The summed E-state index contributed by atoms with van der Waals surface area (Å²) in [5, 5.41) is 1.42. The highest BCUT2D eigenvalue weighted by atomic mass is 35.5. The molecular formula is C24H24Cl2N2O3. The fraction of sp³-hybridized carbons (Fsp3) is 0.333. The maximum Gasteiger partial charge on any atom is 0.290 e. The minimum Gasteiger partial charge on any atom is -0.450 e. The predicted octanol–water partition coefficient (Wildman–Crippen LogP) is 5.38. The number of nitrogens with zero attached hydrogens (tertiary/aromatic N) is 2. The first-order valence-corrected chi connectivity index (χ1v) is 11.2. The third-order valence-electron chi connectivity index (χ3n) is 5.88. The first kappa shape index (κ1) is 21.9. The highest BCUT2D eigenvalue weighted by Gasteiger charge is 2.42. The largest absolute Gasteiger partial charge is 0.450 e. The number of carbonyl (C=O) groups is 1. The molecule has 0 saturated carbocycles. The van der Waals surface area contributed by atoms with Gasteiger partial charge in [0, 0.05) is 16.6 Å². The number of rotatable bonds is 7. The van der Waals surface area contributed by atoms with Gasteiger partial charge in [-0.15, -0.1) is 0 Å². The van der Waals surface area contributed by atoms with E-state index in [-0.39, 0.29) is 17.1 Å². The van der Waals surface area contributed by atoms with Crippen molar-refractivity contribution in [3.05, 3.63) is 79.6 Å². The Kier molecular flexibility index (Phi) is 6.37. The summed E-state index contributed by atoms with van der Waals surface area (Å²) in [5.74, 6) is -0.147. The Balaban J connectivity index is 1.80. The zero-order chi connectivity index (χ0) is 22.1. The summed E-state index contributed by atoms with van der Waals surface area (Å²) in [4.78, 5) is 30.9. The van der Waals surface area contributed by atoms with Crippen LogP contribution >= 0.6 is 23.2 Å². The van der Waals surface area contributed by atoms with E-state index in [2.05, 4.69) is 18.7 Å². The number of benzene rings is 2. The summed E-state index contributed by atoms with van der Waals surface area (Å²) in [5.41, 5.74) is 1.33. The standard InChI is InChI=1S/C24H24Cl2N2O3/c1-3-27(4-2)12-5-13-28-21(15-6-8-16(25)9-7-15)20-22(29)18-14-17(26)10-11-19(18)31-23(20)24(28)30/h6-11,14,21H,3-5,12-13H2,1-2H3/t21-/m0/s1. The lowest BCUT2D eigenvalue weighted by atomic mass is 9.98. The van der Waals surface area contributed by atoms with Crippen molar-refractivity contribution in [2.45, 2.75) is 26.3 Å². The molecule has 5 nitrogen and oxygen atoms in total. The van der Waals surface area contributed by atoms with Gasteiger partial charge < -0.3 is 14.2 Å². The molecule has 1 aliphatic heterocycles. The van der Waals surface area contributed by atoms with Crippen molar-refractivity contribution in [1.29, 1.82) is 0 Å². The molecule has 0 unspecified atom stereocenters. The van der Waals surface area contributed by atoms with Gasteiger partial charge >= 0.3 is 0 Å². The van der Waals surface area contributed by atoms with Crippen LogP contribution < -0.4 is 5.43 Å². The van der Waals surface area contributed by atoms with Gasteiger partial charge in [-0.2, -0.15) is 0 Å². The smallest absolute Gasteiger partial charge is 0.290 e. The zero-order valence-corrected chi connectivity index (χ0v) is 19.0. The van der Waals surface area contributed by atoms with Crippen LogP contribution in [-0.4, -0.2) is 41.9 Å². The lowest BCUT2D eigenvalue weighted by Crippen LogP contribution is -2.33. The topological polar surface area (TPSA) is 53.8 Å². The van der Waals surface area contributed by atoms with Crippen molar-refractivity contribution >= 4 is 40.1 Å². The van der Waals surface area contributed by atoms with Gasteiger partial charge in [0.05, 0.1) is 17.0 Å². The molecule has 4 rings (SSSR count). The molecule has 0 aliphatic carbocycles. The van der Waals surface area contributed by atoms with Gasteiger partial charge in [-0.1, -0.05) is 49.2 Å². The van der Waals surface area contributed by atoms with Gasteiger partial charge in [0.2, 0.25) is 5.76 Å². The molecular weight excluding hydrogens is 435 g/mol. The van der Waals surface area contributed by atoms with Crippen LogP contribution in [0.4, 0.5) is 0 Å². The summed E-state index contributed by atoms with van der Waals surface area (Å²) in [6, 6.07) is 11.6. The van der Waals surface area contributed by atoms with Crippen LogP contribution in [0.15, 0.2) is 51.7 Å². The monoisotopic (exact) mass is 458 g/mol. The highest BCUT2D eigenvalue weighted by molar-refractivity contribution is 6.31. The first-order chi connectivity index (χ1) is 14.9. The number of carbonyl (C=O) groups excluding carboxylic acids is 1. The lowest BCUT2D eigenvalue weighted by molar-refractivity contribution is 0.0720. The summed E-state index contributed by atoms with van der Waals surface area (Å²) < 4.78 is 5.94. The normalized spacial score (nSPS) is 15.8. The molecule has 0 bridgehead atoms. The minimum absolute atomic E-state index is 0.114. The van der Waals surface area contributed by atoms with Crippen LogP contribution in [0.25, 0.3) is 11.0 Å². The molecule has 162 valence electrons. The van der Waals surface area contributed by atoms with Gasteiger partial charge in [0.1, 0.15) is 5.58 Å². The van der Waals surface area contributed by atoms with E-state index in [0.29, 0.717) is 33.1 Å². The van der Waals surface area contributed by atoms with Crippen molar-refractivity contribution in [1.82, 2.24) is 9.80 Å². The van der Waals surface area contributed by atoms with Crippen molar-refractivity contribution in [2.75, 3.05) is 26.2 Å². The van der Waals surface area contributed by atoms with E-state index < -0.39 is 6.04 Å². The lowest BCUT2D eigenvalue weighted by Gasteiger charge is -2.26. The molecule has 1 aromatic heterocycles. The molecule has 0 N–H and O–H groups in total. The van der Waals surface area contributed by atoms with Gasteiger partial charge in [0.25, 0.3) is 5.91 Å². The maximum absolute atomic E-state index is 13.5. The van der Waals surface area contributed by atoms with E-state index in [9.17, 15) is 9.59 Å². The molecule has 0 spiro atoms. The van der Waals surface area contributed by atoms with E-state index >= 15 is 0 Å². The molecule has 0 fully saturated rings. The van der Waals surface area contributed by atoms with E-state index in [1.165, 1.54) is 0 Å². The third-order valence-corrected chi connectivity index (χ3v) is 6.37. The van der Waals surface area contributed by atoms with Crippen molar-refractivity contribution in [3.8, 4) is 0 Å². The van der Waals surface area contributed by atoms with E-state index in [0.717, 1.165) is 31.6 Å². The third kappa shape index (κ3) is 4.10. The Morgan fingerprint density at radius 1 is 1.00 bits per heavy atom. The second kappa shape index (κ2) is 9.03. The summed E-state index contributed by atoms with van der Waals surface area (Å²) >= 11 is 12.2. The molecule has 2 aromatic carbocycles. The molecule has 1 atom stereocenters. The Bertz CT molecular complexity index is 1170. The van der Waals surface area contributed by atoms with Crippen LogP contribution in [0.5, 0.6) is 0 Å². The average Bonchev–Trinajstić information content (AvgIpc) is 3.04. The van der Waals surface area contributed by atoms with E-state index in [1.807, 2.05) is 12.1 Å². The van der Waals surface area contributed by atoms with E-state index in [4.69, 9.17) is 27.6 Å². The fourth-order valence-electron chi connectivity index (χ4n) is 4.22. The van der Waals surface area contributed by atoms with Crippen LogP contribution in [0, 0.1) is 0 Å². The molecule has 0 radical (unpaired) electrons. The zero-order valence-electron chi connectivity index (χ0n) is 17.5. The summed E-state index contributed by atoms with van der Waals surface area (Å²) in [6.45, 7) is 7.55. The van der Waals surface area contributed by atoms with Crippen molar-refractivity contribution < 1.29 is 9.21 Å². The fourth-order valence-corrected chi connectivity index (χ4v) is 4.52. The number of amides is 1. The molecule has 3 aromatic rings. The number of halogens is 2. The van der Waals surface area contributed by atoms with E-state index in [1.54, 1.807) is 35.2 Å². The van der Waals surface area contributed by atoms with Crippen molar-refractivity contribution in [2.24, 2.45) is 0 Å². The number of hydrogen-bond donors (Lipinski definition) is 0. The van der Waals surface area contributed by atoms with Crippen molar-refractivity contribution in [3.63, 3.8) is 0 Å². The van der Waals surface area contributed by atoms with Crippen LogP contribution in [0.3, 0.4) is 0 Å². The van der Waals surface area contributed by atoms with Gasteiger partial charge in [-0.05, 0) is 62.0 Å². The Hall–Kier alpha value is -2.34. The van der Waals surface area contributed by atoms with Crippen LogP contribution in [0.2, 0.25) is 10.0 Å². The SMILES string of the molecule is CCN(CC)CCCN1C(=O)c2oc3ccc(Cl)cc3c(=O)c2[C@@H]1c1ccc(Cl)cc1. The van der Waals surface area contributed by atoms with Crippen LogP contribution in [-0.2, 0) is 0 Å². The molecule has 31 heavy (non-hydrogen) atoms. The number of fused-ring (bicyclic) bond motifs is 2. The number of hydrogen-bond acceptors (Lipinski definition) is 4. The Morgan fingerprint density at radius 2 is 1.68 bits per heavy atom. The Labute approximate surface area is 191 Å². The Morgan fingerprint density at radius 3 is 2.35 bits per heavy atom. The second-order valence-electron chi connectivity index (χ2n) is 7.65. The summed E-state index contributed by atoms with van der Waals surface area (Å²) in [6.07, 6.45) is 0.797. The minimum atomic E-state index is -0.517. The molecule has 1 amide bonds. The second-order valence-corrected chi connectivity index (χ2v) is 8.52. The molecule has 7 heteroatoms. The maximum atomic E-state index is 13.5. The average molecular weight is 459 g/mol. The van der Waals surface area contributed by atoms with Gasteiger partial charge in [-0.25, -0.2) is 0 Å². The molecule has 0 saturated heterocycles. The predicted molar refractivity (Wildman–Crippen MR) is 124 cm³/mol. The van der Waals surface area contributed by atoms with Gasteiger partial charge in [0.15, 0.2) is 5.43 Å². The molecule has 2 heterocycles. The highest BCUT2D eigenvalue weighted by Crippen LogP contribution is 2.38. The molecule has 1 aliphatic rings. The quantitative estimate of drug-likeness (QED) is 0.476. The summed E-state index contributed by atoms with van der Waals surface area (Å²) in [7, 11) is 0. The van der Waals surface area contributed by atoms with Crippen LogP contribution in [0.1, 0.15) is 48.0 Å².